The van der Waals surface area contributed by atoms with Crippen LogP contribution in [0.25, 0.3) is 11.3 Å². The number of benzene rings is 1. The van der Waals surface area contributed by atoms with E-state index in [1.54, 1.807) is 20.3 Å². The van der Waals surface area contributed by atoms with Crippen molar-refractivity contribution in [3.8, 4) is 28.8 Å². The molecular weight excluding hydrogens is 240 g/mol. The summed E-state index contributed by atoms with van der Waals surface area (Å²) in [5.74, 6) is 1.27. The molecule has 0 radical (unpaired) electrons. The van der Waals surface area contributed by atoms with Crippen molar-refractivity contribution in [2.45, 2.75) is 6.92 Å². The quantitative estimate of drug-likeness (QED) is 0.845. The summed E-state index contributed by atoms with van der Waals surface area (Å²) in [4.78, 5) is 4.45. The highest BCUT2D eigenvalue weighted by molar-refractivity contribution is 5.78. The molecule has 0 aliphatic carbocycles. The zero-order chi connectivity index (χ0) is 13.8. The maximum absolute atomic E-state index is 9.23. The number of nitrogens with zero attached hydrogens (tertiary/aromatic N) is 2. The Bertz CT molecular complexity index is 623. The summed E-state index contributed by atoms with van der Waals surface area (Å²) in [7, 11) is 3.17. The van der Waals surface area contributed by atoms with E-state index < -0.39 is 0 Å². The van der Waals surface area contributed by atoms with Crippen LogP contribution in [0.1, 0.15) is 11.3 Å². The molecule has 0 aliphatic rings. The van der Waals surface area contributed by atoms with E-state index in [-0.39, 0.29) is 0 Å². The third-order valence-corrected chi connectivity index (χ3v) is 2.82. The first kappa shape index (κ1) is 12.9. The van der Waals surface area contributed by atoms with Crippen molar-refractivity contribution in [2.75, 3.05) is 14.2 Å². The van der Waals surface area contributed by atoms with Crippen LogP contribution in [0.4, 0.5) is 0 Å². The van der Waals surface area contributed by atoms with Gasteiger partial charge in [-0.25, -0.2) is 0 Å². The molecule has 4 heteroatoms. The summed E-state index contributed by atoms with van der Waals surface area (Å²) < 4.78 is 10.7. The Balaban J connectivity index is 2.78. The van der Waals surface area contributed by atoms with E-state index in [0.29, 0.717) is 28.3 Å². The normalized spacial score (nSPS) is 9.79. The first-order valence-electron chi connectivity index (χ1n) is 5.80. The van der Waals surface area contributed by atoms with E-state index in [1.807, 2.05) is 31.2 Å². The summed E-state index contributed by atoms with van der Waals surface area (Å²) in [6, 6.07) is 11.2. The maximum Gasteiger partial charge on any atom is 0.132 e. The van der Waals surface area contributed by atoms with Crippen molar-refractivity contribution >= 4 is 0 Å². The zero-order valence-electron chi connectivity index (χ0n) is 11.1. The molecule has 0 amide bonds. The van der Waals surface area contributed by atoms with Crippen LogP contribution in [0, 0.1) is 18.3 Å². The van der Waals surface area contributed by atoms with Gasteiger partial charge >= 0.3 is 0 Å². The number of aromatic nitrogens is 1. The van der Waals surface area contributed by atoms with Crippen LogP contribution in [0.2, 0.25) is 0 Å². The van der Waals surface area contributed by atoms with Crippen molar-refractivity contribution in [1.82, 2.24) is 4.98 Å². The lowest BCUT2D eigenvalue weighted by atomic mass is 10.0. The van der Waals surface area contributed by atoms with Gasteiger partial charge in [-0.3, -0.25) is 4.98 Å². The van der Waals surface area contributed by atoms with Crippen molar-refractivity contribution in [3.05, 3.63) is 41.6 Å². The second-order valence-corrected chi connectivity index (χ2v) is 4.00. The maximum atomic E-state index is 9.23. The van der Waals surface area contributed by atoms with Crippen LogP contribution in [0.15, 0.2) is 30.3 Å². The fourth-order valence-corrected chi connectivity index (χ4v) is 1.92. The van der Waals surface area contributed by atoms with Gasteiger partial charge in [0.25, 0.3) is 0 Å². The van der Waals surface area contributed by atoms with Crippen LogP contribution >= 0.6 is 0 Å². The first-order chi connectivity index (χ1) is 9.21. The second kappa shape index (κ2) is 5.40. The fourth-order valence-electron chi connectivity index (χ4n) is 1.92. The third-order valence-electron chi connectivity index (χ3n) is 2.82. The minimum absolute atomic E-state index is 0.494. The van der Waals surface area contributed by atoms with E-state index in [2.05, 4.69) is 11.1 Å². The molecule has 0 saturated carbocycles. The summed E-state index contributed by atoms with van der Waals surface area (Å²) in [5.41, 5.74) is 2.61. The van der Waals surface area contributed by atoms with Gasteiger partial charge in [-0.05, 0) is 31.2 Å². The van der Waals surface area contributed by atoms with E-state index >= 15 is 0 Å². The standard InChI is InChI=1S/C15H14N2O2/c1-10-7-8-11(9-16)15(17-10)14-12(18-2)5-4-6-13(14)19-3/h4-8H,1-3H3. The Morgan fingerprint density at radius 3 is 2.21 bits per heavy atom. The van der Waals surface area contributed by atoms with Crippen molar-refractivity contribution in [1.29, 1.82) is 5.26 Å². The lowest BCUT2D eigenvalue weighted by Gasteiger charge is -2.13. The largest absolute Gasteiger partial charge is 0.496 e. The molecule has 0 saturated heterocycles. The van der Waals surface area contributed by atoms with Gasteiger partial charge in [0.2, 0.25) is 0 Å². The van der Waals surface area contributed by atoms with E-state index in [9.17, 15) is 5.26 Å². The number of nitriles is 1. The molecule has 19 heavy (non-hydrogen) atoms. The van der Waals surface area contributed by atoms with Gasteiger partial charge in [0.15, 0.2) is 0 Å². The van der Waals surface area contributed by atoms with Crippen LogP contribution in [-0.2, 0) is 0 Å². The average molecular weight is 254 g/mol. The molecule has 1 aromatic carbocycles. The molecule has 2 aromatic rings. The van der Waals surface area contributed by atoms with Crippen LogP contribution in [-0.4, -0.2) is 19.2 Å². The molecule has 0 spiro atoms. The molecule has 2 rings (SSSR count). The molecule has 1 heterocycles. The molecule has 0 N–H and O–H groups in total. The number of methoxy groups -OCH3 is 2. The molecule has 0 unspecified atom stereocenters. The average Bonchev–Trinajstić information content (AvgIpc) is 2.46. The van der Waals surface area contributed by atoms with Crippen LogP contribution < -0.4 is 9.47 Å². The van der Waals surface area contributed by atoms with Gasteiger partial charge in [-0.15, -0.1) is 0 Å². The number of ether oxygens (including phenoxy) is 2. The lowest BCUT2D eigenvalue weighted by Crippen LogP contribution is -1.98. The van der Waals surface area contributed by atoms with Gasteiger partial charge in [-0.2, -0.15) is 5.26 Å². The predicted octanol–water partition coefficient (Wildman–Crippen LogP) is 2.95. The van der Waals surface area contributed by atoms with Crippen LogP contribution in [0.5, 0.6) is 11.5 Å². The number of hydrogen-bond acceptors (Lipinski definition) is 4. The van der Waals surface area contributed by atoms with Crippen molar-refractivity contribution < 1.29 is 9.47 Å². The summed E-state index contributed by atoms with van der Waals surface area (Å²) in [6.07, 6.45) is 0. The van der Waals surface area contributed by atoms with Crippen molar-refractivity contribution in [3.63, 3.8) is 0 Å². The monoisotopic (exact) mass is 254 g/mol. The van der Waals surface area contributed by atoms with Gasteiger partial charge in [0.05, 0.1) is 31.0 Å². The topological polar surface area (TPSA) is 55.1 Å². The SMILES string of the molecule is COc1cccc(OC)c1-c1nc(C)ccc1C#N. The molecule has 1 aromatic heterocycles. The minimum Gasteiger partial charge on any atom is -0.496 e. The lowest BCUT2D eigenvalue weighted by molar-refractivity contribution is 0.397. The Morgan fingerprint density at radius 1 is 1.05 bits per heavy atom. The summed E-state index contributed by atoms with van der Waals surface area (Å²) in [6.45, 7) is 1.88. The third kappa shape index (κ3) is 2.36. The summed E-state index contributed by atoms with van der Waals surface area (Å²) in [5, 5.41) is 9.23. The number of hydrogen-bond donors (Lipinski definition) is 0. The fraction of sp³-hybridized carbons (Fsp3) is 0.200. The Hall–Kier alpha value is -2.54. The zero-order valence-corrected chi connectivity index (χ0v) is 11.1. The van der Waals surface area contributed by atoms with Gasteiger partial charge in [-0.1, -0.05) is 6.07 Å². The smallest absolute Gasteiger partial charge is 0.132 e. The summed E-state index contributed by atoms with van der Waals surface area (Å²) >= 11 is 0. The highest BCUT2D eigenvalue weighted by atomic mass is 16.5. The predicted molar refractivity (Wildman–Crippen MR) is 72.2 cm³/mol. The van der Waals surface area contributed by atoms with Crippen LogP contribution in [0.3, 0.4) is 0 Å². The molecule has 0 atom stereocenters. The minimum atomic E-state index is 0.494. The molecule has 0 fully saturated rings. The van der Waals surface area contributed by atoms with E-state index in [0.717, 1.165) is 5.69 Å². The number of aryl methyl sites for hydroxylation is 1. The Kier molecular flexibility index (Phi) is 3.67. The number of rotatable bonds is 3. The molecule has 96 valence electrons. The van der Waals surface area contributed by atoms with E-state index in [1.165, 1.54) is 0 Å². The Labute approximate surface area is 112 Å². The highest BCUT2D eigenvalue weighted by Crippen LogP contribution is 2.38. The molecule has 0 aliphatic heterocycles. The van der Waals surface area contributed by atoms with Gasteiger partial charge in [0.1, 0.15) is 17.6 Å². The number of pyridine rings is 1. The van der Waals surface area contributed by atoms with Crippen molar-refractivity contribution in [2.24, 2.45) is 0 Å². The van der Waals surface area contributed by atoms with E-state index in [4.69, 9.17) is 9.47 Å². The molecule has 0 bridgehead atoms. The second-order valence-electron chi connectivity index (χ2n) is 4.00. The Morgan fingerprint density at radius 2 is 1.68 bits per heavy atom. The van der Waals surface area contributed by atoms with Gasteiger partial charge < -0.3 is 9.47 Å². The molecule has 4 nitrogen and oxygen atoms in total. The van der Waals surface area contributed by atoms with Gasteiger partial charge in [0, 0.05) is 5.69 Å². The molecular formula is C15H14N2O2. The highest BCUT2D eigenvalue weighted by Gasteiger charge is 2.17. The first-order valence-corrected chi connectivity index (χ1v) is 5.80.